The molecular formula is C36H30N2O6S2. The maximum atomic E-state index is 14.1. The Labute approximate surface area is 273 Å². The summed E-state index contributed by atoms with van der Waals surface area (Å²) >= 11 is 2.84. The molecule has 46 heavy (non-hydrogen) atoms. The standard InChI is InChI=1S/C36H30N2O6S2/c1-4-42-34(40)25-13-11-22(12-14-25)28-20-17-26(44-28)21-29-33(39)38-32(24-15-18-27(45-3)19-16-24)30(35(41)43-5-2)31(37-36(38)46-29)23-9-7-6-8-10-23/h6-21,32H,4-5H2,1-3H3/b29-21-/t32-/m0/s1. The van der Waals surface area contributed by atoms with Gasteiger partial charge in [-0.05, 0) is 62.1 Å². The van der Waals surface area contributed by atoms with Crippen molar-refractivity contribution in [1.82, 2.24) is 4.57 Å². The van der Waals surface area contributed by atoms with Crippen molar-refractivity contribution in [2.24, 2.45) is 4.99 Å². The molecule has 5 aromatic rings. The SMILES string of the molecule is CCOC(=O)C1=C(c2ccccc2)N=c2s/c(=C\c3ccc(-c4ccc(C(=O)OCC)cc4)o3)c(=O)n2[C@H]1c1ccc(SC)cc1. The molecule has 2 aromatic heterocycles. The average molecular weight is 651 g/mol. The molecule has 3 aromatic carbocycles. The van der Waals surface area contributed by atoms with Crippen molar-refractivity contribution < 1.29 is 23.5 Å². The van der Waals surface area contributed by atoms with Gasteiger partial charge < -0.3 is 13.9 Å². The van der Waals surface area contributed by atoms with E-state index in [9.17, 15) is 14.4 Å². The van der Waals surface area contributed by atoms with Gasteiger partial charge in [0.25, 0.3) is 5.56 Å². The monoisotopic (exact) mass is 650 g/mol. The van der Waals surface area contributed by atoms with Crippen molar-refractivity contribution in [2.75, 3.05) is 19.5 Å². The quantitative estimate of drug-likeness (QED) is 0.141. The zero-order valence-electron chi connectivity index (χ0n) is 25.4. The summed E-state index contributed by atoms with van der Waals surface area (Å²) in [6.07, 6.45) is 3.68. The number of aromatic nitrogens is 1. The van der Waals surface area contributed by atoms with E-state index in [4.69, 9.17) is 18.9 Å². The van der Waals surface area contributed by atoms with Crippen LogP contribution in [0.1, 0.15) is 47.1 Å². The summed E-state index contributed by atoms with van der Waals surface area (Å²) in [6, 6.07) is 27.1. The van der Waals surface area contributed by atoms with Gasteiger partial charge in [-0.3, -0.25) is 9.36 Å². The number of rotatable bonds is 9. The first-order valence-corrected chi connectivity index (χ1v) is 16.8. The van der Waals surface area contributed by atoms with E-state index in [0.29, 0.717) is 44.3 Å². The van der Waals surface area contributed by atoms with Crippen LogP contribution in [0.25, 0.3) is 23.1 Å². The maximum Gasteiger partial charge on any atom is 0.338 e. The zero-order chi connectivity index (χ0) is 32.2. The van der Waals surface area contributed by atoms with Crippen LogP contribution in [0.4, 0.5) is 0 Å². The van der Waals surface area contributed by atoms with E-state index in [-0.39, 0.29) is 18.1 Å². The summed E-state index contributed by atoms with van der Waals surface area (Å²) in [5, 5.41) is 0. The zero-order valence-corrected chi connectivity index (χ0v) is 27.0. The number of esters is 2. The van der Waals surface area contributed by atoms with Crippen molar-refractivity contribution in [3.05, 3.63) is 139 Å². The number of thioether (sulfide) groups is 1. The second-order valence-electron chi connectivity index (χ2n) is 10.2. The second kappa shape index (κ2) is 13.6. The first-order chi connectivity index (χ1) is 22.4. The minimum absolute atomic E-state index is 0.180. The molecule has 0 radical (unpaired) electrons. The number of furan rings is 1. The minimum atomic E-state index is -0.756. The Hall–Kier alpha value is -4.93. The van der Waals surface area contributed by atoms with Crippen LogP contribution in [-0.4, -0.2) is 36.0 Å². The third-order valence-electron chi connectivity index (χ3n) is 7.39. The molecule has 10 heteroatoms. The topological polar surface area (TPSA) is 100 Å². The van der Waals surface area contributed by atoms with Gasteiger partial charge in [-0.25, -0.2) is 14.6 Å². The minimum Gasteiger partial charge on any atom is -0.463 e. The van der Waals surface area contributed by atoms with Crippen LogP contribution >= 0.6 is 23.1 Å². The lowest BCUT2D eigenvalue weighted by atomic mass is 9.93. The van der Waals surface area contributed by atoms with Gasteiger partial charge in [0.15, 0.2) is 4.80 Å². The predicted molar refractivity (Wildman–Crippen MR) is 179 cm³/mol. The fraction of sp³-hybridized carbons (Fsp3) is 0.167. The molecule has 0 fully saturated rings. The largest absolute Gasteiger partial charge is 0.463 e. The van der Waals surface area contributed by atoms with Gasteiger partial charge in [0.05, 0.1) is 40.6 Å². The molecule has 0 unspecified atom stereocenters. The lowest BCUT2D eigenvalue weighted by Gasteiger charge is -2.26. The summed E-state index contributed by atoms with van der Waals surface area (Å²) in [5.74, 6) is 0.147. The normalized spacial score (nSPS) is 14.5. The Kier molecular flexibility index (Phi) is 9.18. The van der Waals surface area contributed by atoms with Crippen molar-refractivity contribution in [3.8, 4) is 11.3 Å². The third-order valence-corrected chi connectivity index (χ3v) is 9.11. The summed E-state index contributed by atoms with van der Waals surface area (Å²) in [5.41, 5.74) is 3.21. The molecular weight excluding hydrogens is 621 g/mol. The summed E-state index contributed by atoms with van der Waals surface area (Å²) in [4.78, 5) is 46.2. The Bertz CT molecular complexity index is 2110. The van der Waals surface area contributed by atoms with Crippen LogP contribution in [0.5, 0.6) is 0 Å². The molecule has 8 nitrogen and oxygen atoms in total. The molecule has 0 bridgehead atoms. The lowest BCUT2D eigenvalue weighted by molar-refractivity contribution is -0.138. The highest BCUT2D eigenvalue weighted by Crippen LogP contribution is 2.35. The number of fused-ring (bicyclic) bond motifs is 1. The van der Waals surface area contributed by atoms with Crippen molar-refractivity contribution in [3.63, 3.8) is 0 Å². The molecule has 0 saturated carbocycles. The molecule has 232 valence electrons. The van der Waals surface area contributed by atoms with Crippen LogP contribution in [0.2, 0.25) is 0 Å². The average Bonchev–Trinajstić information content (AvgIpc) is 3.68. The smallest absolute Gasteiger partial charge is 0.338 e. The molecule has 1 atom stereocenters. The number of hydrogen-bond donors (Lipinski definition) is 0. The highest BCUT2D eigenvalue weighted by molar-refractivity contribution is 7.98. The molecule has 1 aliphatic heterocycles. The van der Waals surface area contributed by atoms with Gasteiger partial charge in [0.2, 0.25) is 0 Å². The van der Waals surface area contributed by atoms with E-state index in [1.807, 2.05) is 66.9 Å². The van der Waals surface area contributed by atoms with Gasteiger partial charge in [-0.2, -0.15) is 0 Å². The van der Waals surface area contributed by atoms with E-state index >= 15 is 0 Å². The molecule has 0 N–H and O–H groups in total. The first-order valence-electron chi connectivity index (χ1n) is 14.7. The van der Waals surface area contributed by atoms with Crippen LogP contribution in [0.15, 0.2) is 116 Å². The molecule has 0 amide bonds. The van der Waals surface area contributed by atoms with E-state index in [1.165, 1.54) is 11.3 Å². The highest BCUT2D eigenvalue weighted by Gasteiger charge is 2.35. The Balaban J connectivity index is 1.47. The summed E-state index contributed by atoms with van der Waals surface area (Å²) < 4.78 is 18.7. The Morgan fingerprint density at radius 2 is 1.59 bits per heavy atom. The van der Waals surface area contributed by atoms with E-state index in [1.54, 1.807) is 66.6 Å². The number of ether oxygens (including phenoxy) is 2. The van der Waals surface area contributed by atoms with Crippen LogP contribution in [0, 0.1) is 0 Å². The second-order valence-corrected chi connectivity index (χ2v) is 12.1. The fourth-order valence-electron chi connectivity index (χ4n) is 5.24. The van der Waals surface area contributed by atoms with Gasteiger partial charge in [-0.1, -0.05) is 65.9 Å². The predicted octanol–water partition coefficient (Wildman–Crippen LogP) is 6.09. The van der Waals surface area contributed by atoms with E-state index < -0.39 is 12.0 Å². The van der Waals surface area contributed by atoms with Gasteiger partial charge in [0, 0.05) is 22.1 Å². The van der Waals surface area contributed by atoms with Crippen LogP contribution < -0.4 is 14.9 Å². The fourth-order valence-corrected chi connectivity index (χ4v) is 6.63. The molecule has 0 spiro atoms. The first kappa shape index (κ1) is 31.1. The van der Waals surface area contributed by atoms with Gasteiger partial charge in [0.1, 0.15) is 11.5 Å². The van der Waals surface area contributed by atoms with Crippen molar-refractivity contribution >= 4 is 46.8 Å². The molecule has 0 aliphatic carbocycles. The maximum absolute atomic E-state index is 14.1. The van der Waals surface area contributed by atoms with Crippen molar-refractivity contribution in [1.29, 1.82) is 0 Å². The Morgan fingerprint density at radius 3 is 2.26 bits per heavy atom. The summed E-state index contributed by atoms with van der Waals surface area (Å²) in [7, 11) is 0. The highest BCUT2D eigenvalue weighted by atomic mass is 32.2. The number of hydrogen-bond acceptors (Lipinski definition) is 9. The third kappa shape index (κ3) is 6.14. The van der Waals surface area contributed by atoms with Gasteiger partial charge >= 0.3 is 11.9 Å². The molecule has 1 aliphatic rings. The van der Waals surface area contributed by atoms with E-state index in [2.05, 4.69) is 0 Å². The number of carbonyl (C=O) groups excluding carboxylic acids is 2. The lowest BCUT2D eigenvalue weighted by Crippen LogP contribution is -2.40. The van der Waals surface area contributed by atoms with Gasteiger partial charge in [-0.15, -0.1) is 11.8 Å². The summed E-state index contributed by atoms with van der Waals surface area (Å²) in [6.45, 7) is 4.00. The molecule has 6 rings (SSSR count). The number of benzene rings is 3. The van der Waals surface area contributed by atoms with Crippen molar-refractivity contribution in [2.45, 2.75) is 24.8 Å². The van der Waals surface area contributed by atoms with Crippen LogP contribution in [-0.2, 0) is 14.3 Å². The Morgan fingerprint density at radius 1 is 0.891 bits per heavy atom. The van der Waals surface area contributed by atoms with E-state index in [0.717, 1.165) is 21.6 Å². The number of carbonyl (C=O) groups is 2. The molecule has 3 heterocycles. The number of nitrogens with zero attached hydrogens (tertiary/aromatic N) is 2. The number of thiazole rings is 1. The molecule has 0 saturated heterocycles. The van der Waals surface area contributed by atoms with Crippen LogP contribution in [0.3, 0.4) is 0 Å².